The molecule has 13 heteroatoms. The van der Waals surface area contributed by atoms with Gasteiger partial charge in [0.25, 0.3) is 0 Å². The van der Waals surface area contributed by atoms with Gasteiger partial charge in [-0.05, 0) is 30.7 Å². The molecular formula is C22H21F4N3O6. The molecule has 0 saturated heterocycles. The topological polar surface area (TPSA) is 123 Å². The number of aliphatic carboxylic acids is 2. The first-order valence-electron chi connectivity index (χ1n) is 9.87. The number of carboxylic acids is 2. The van der Waals surface area contributed by atoms with Gasteiger partial charge in [0, 0.05) is 42.3 Å². The van der Waals surface area contributed by atoms with E-state index in [9.17, 15) is 17.6 Å². The summed E-state index contributed by atoms with van der Waals surface area (Å²) < 4.78 is 60.6. The Morgan fingerprint density at radius 1 is 1.00 bits per heavy atom. The van der Waals surface area contributed by atoms with Crippen LogP contribution in [0.2, 0.25) is 0 Å². The van der Waals surface area contributed by atoms with Crippen molar-refractivity contribution in [3.05, 3.63) is 72.3 Å². The van der Waals surface area contributed by atoms with Crippen LogP contribution in [0, 0.1) is 0 Å². The molecule has 35 heavy (non-hydrogen) atoms. The van der Waals surface area contributed by atoms with Gasteiger partial charge in [-0.25, -0.2) is 14.6 Å². The largest absolute Gasteiger partial charge is 0.473 e. The van der Waals surface area contributed by atoms with Crippen LogP contribution in [0.4, 0.5) is 17.6 Å². The van der Waals surface area contributed by atoms with Crippen molar-refractivity contribution in [3.8, 4) is 17.2 Å². The van der Waals surface area contributed by atoms with Gasteiger partial charge in [-0.3, -0.25) is 0 Å². The first kappa shape index (κ1) is 27.1. The van der Waals surface area contributed by atoms with Crippen LogP contribution in [-0.2, 0) is 16.1 Å². The highest BCUT2D eigenvalue weighted by Gasteiger charge is 2.14. The van der Waals surface area contributed by atoms with Gasteiger partial charge in [-0.1, -0.05) is 18.2 Å². The molecule has 1 heterocycles. The summed E-state index contributed by atoms with van der Waals surface area (Å²) in [7, 11) is 0. The number of hydrogen-bond donors (Lipinski definition) is 3. The lowest BCUT2D eigenvalue weighted by Gasteiger charge is -2.17. The van der Waals surface area contributed by atoms with E-state index in [1.807, 2.05) is 42.0 Å². The monoisotopic (exact) mass is 499 g/mol. The minimum Gasteiger partial charge on any atom is -0.473 e. The Balaban J connectivity index is 0.000000641. The van der Waals surface area contributed by atoms with Crippen molar-refractivity contribution in [1.82, 2.24) is 14.9 Å². The van der Waals surface area contributed by atoms with Crippen molar-refractivity contribution in [3.63, 3.8) is 0 Å². The van der Waals surface area contributed by atoms with Gasteiger partial charge in [0.2, 0.25) is 0 Å². The van der Waals surface area contributed by atoms with Crippen LogP contribution < -0.4 is 14.8 Å². The van der Waals surface area contributed by atoms with Crippen LogP contribution in [0.3, 0.4) is 0 Å². The summed E-state index contributed by atoms with van der Waals surface area (Å²) in [5.74, 6) is -4.11. The van der Waals surface area contributed by atoms with Crippen molar-refractivity contribution < 1.29 is 46.8 Å². The number of halogens is 4. The van der Waals surface area contributed by atoms with Crippen LogP contribution in [0.25, 0.3) is 5.69 Å². The number of imidazole rings is 1. The predicted molar refractivity (Wildman–Crippen MR) is 114 cm³/mol. The number of carbonyl (C=O) groups is 2. The van der Waals surface area contributed by atoms with E-state index < -0.39 is 25.2 Å². The molecule has 0 aliphatic heterocycles. The zero-order valence-electron chi connectivity index (χ0n) is 18.1. The first-order valence-corrected chi connectivity index (χ1v) is 9.87. The molecule has 0 amide bonds. The normalized spacial score (nSPS) is 11.5. The second-order valence-electron chi connectivity index (χ2n) is 6.80. The summed E-state index contributed by atoms with van der Waals surface area (Å²) in [4.78, 5) is 22.2. The lowest BCUT2D eigenvalue weighted by Crippen LogP contribution is -2.19. The predicted octanol–water partition coefficient (Wildman–Crippen LogP) is 4.08. The Bertz CT molecular complexity index is 1080. The average molecular weight is 499 g/mol. The summed E-state index contributed by atoms with van der Waals surface area (Å²) >= 11 is 0. The number of hydrogen-bond acceptors (Lipinski definition) is 6. The fourth-order valence-electron chi connectivity index (χ4n) is 2.79. The van der Waals surface area contributed by atoms with Crippen molar-refractivity contribution in [1.29, 1.82) is 0 Å². The molecule has 188 valence electrons. The van der Waals surface area contributed by atoms with Gasteiger partial charge in [-0.2, -0.15) is 17.6 Å². The number of ether oxygens (including phenoxy) is 2. The molecular weight excluding hydrogens is 478 g/mol. The lowest BCUT2D eigenvalue weighted by atomic mass is 10.1. The van der Waals surface area contributed by atoms with E-state index in [0.29, 0.717) is 5.56 Å². The number of nitrogens with zero attached hydrogens (tertiary/aromatic N) is 2. The summed E-state index contributed by atoms with van der Waals surface area (Å²) in [5, 5.41) is 18.0. The molecule has 0 aliphatic carbocycles. The molecule has 1 atom stereocenters. The molecule has 0 radical (unpaired) electrons. The van der Waals surface area contributed by atoms with Gasteiger partial charge < -0.3 is 29.6 Å². The fraction of sp³-hybridized carbons (Fsp3) is 0.227. The molecule has 2 aromatic carbocycles. The van der Waals surface area contributed by atoms with Crippen LogP contribution >= 0.6 is 0 Å². The second kappa shape index (κ2) is 12.9. The number of rotatable bonds is 9. The Morgan fingerprint density at radius 3 is 2.14 bits per heavy atom. The molecule has 0 saturated carbocycles. The summed E-state index contributed by atoms with van der Waals surface area (Å²) in [6, 6.07) is 11.4. The van der Waals surface area contributed by atoms with Gasteiger partial charge in [0.15, 0.2) is 0 Å². The van der Waals surface area contributed by atoms with E-state index in [2.05, 4.69) is 19.8 Å². The standard InChI is InChI=1S/C20H19F4N3O2.C2H2O4/c1-13(14-2-5-16(6-3-14)27-9-8-25-12-27)26-11-15-4-7-17(28-19(21)22)10-18(15)29-20(23)24;3-1(4)2(5)6/h2-10,12-13,19-20,26H,11H2,1H3;(H,3,4)(H,5,6). The minimum atomic E-state index is -3.08. The Kier molecular flexibility index (Phi) is 10.0. The van der Waals surface area contributed by atoms with Crippen LogP contribution in [0.1, 0.15) is 24.1 Å². The van der Waals surface area contributed by atoms with Gasteiger partial charge in [0.1, 0.15) is 11.5 Å². The highest BCUT2D eigenvalue weighted by Crippen LogP contribution is 2.28. The molecule has 1 aromatic heterocycles. The van der Waals surface area contributed by atoms with E-state index in [1.54, 1.807) is 12.5 Å². The van der Waals surface area contributed by atoms with Crippen molar-refractivity contribution in [2.75, 3.05) is 0 Å². The zero-order chi connectivity index (χ0) is 26.0. The van der Waals surface area contributed by atoms with Gasteiger partial charge in [0.05, 0.1) is 6.33 Å². The molecule has 3 aromatic rings. The molecule has 0 spiro atoms. The zero-order valence-corrected chi connectivity index (χ0v) is 18.1. The number of carboxylic acid groups (broad SMARTS) is 2. The molecule has 0 bridgehead atoms. The average Bonchev–Trinajstić information content (AvgIpc) is 3.33. The molecule has 9 nitrogen and oxygen atoms in total. The summed E-state index contributed by atoms with van der Waals surface area (Å²) in [6.07, 6.45) is 5.22. The Labute approximate surface area is 196 Å². The van der Waals surface area contributed by atoms with E-state index in [-0.39, 0.29) is 24.1 Å². The lowest BCUT2D eigenvalue weighted by molar-refractivity contribution is -0.159. The summed E-state index contributed by atoms with van der Waals surface area (Å²) in [5.41, 5.74) is 2.34. The number of alkyl halides is 4. The Hall–Kier alpha value is -4.13. The van der Waals surface area contributed by atoms with Crippen molar-refractivity contribution in [2.45, 2.75) is 32.7 Å². The summed E-state index contributed by atoms with van der Waals surface area (Å²) in [6.45, 7) is -4.01. The van der Waals surface area contributed by atoms with E-state index in [4.69, 9.17) is 19.8 Å². The third-order valence-corrected chi connectivity index (χ3v) is 4.46. The number of nitrogens with one attached hydrogen (secondary N) is 1. The fourth-order valence-corrected chi connectivity index (χ4v) is 2.79. The van der Waals surface area contributed by atoms with Crippen LogP contribution in [0.15, 0.2) is 61.2 Å². The second-order valence-corrected chi connectivity index (χ2v) is 6.80. The maximum absolute atomic E-state index is 12.7. The minimum absolute atomic E-state index is 0.0942. The quantitative estimate of drug-likeness (QED) is 0.297. The van der Waals surface area contributed by atoms with Gasteiger partial charge in [-0.15, -0.1) is 0 Å². The van der Waals surface area contributed by atoms with E-state index in [0.717, 1.165) is 17.3 Å². The third kappa shape index (κ3) is 8.97. The maximum Gasteiger partial charge on any atom is 0.414 e. The first-order chi connectivity index (χ1) is 16.6. The molecule has 3 rings (SSSR count). The SMILES string of the molecule is CC(NCc1ccc(OC(F)F)cc1OC(F)F)c1ccc(-n2ccnc2)cc1.O=C(O)C(=O)O. The Morgan fingerprint density at radius 2 is 1.63 bits per heavy atom. The van der Waals surface area contributed by atoms with Crippen LogP contribution in [0.5, 0.6) is 11.5 Å². The molecule has 0 aliphatic rings. The molecule has 0 fully saturated rings. The van der Waals surface area contributed by atoms with Crippen molar-refractivity contribution >= 4 is 11.9 Å². The number of aromatic nitrogens is 2. The van der Waals surface area contributed by atoms with Crippen molar-refractivity contribution in [2.24, 2.45) is 0 Å². The highest BCUT2D eigenvalue weighted by atomic mass is 19.3. The van der Waals surface area contributed by atoms with E-state index >= 15 is 0 Å². The van der Waals surface area contributed by atoms with E-state index in [1.165, 1.54) is 12.1 Å². The maximum atomic E-state index is 12.7. The van der Waals surface area contributed by atoms with Gasteiger partial charge >= 0.3 is 25.2 Å². The number of benzene rings is 2. The highest BCUT2D eigenvalue weighted by molar-refractivity contribution is 6.27. The molecule has 1 unspecified atom stereocenters. The smallest absolute Gasteiger partial charge is 0.414 e. The van der Waals surface area contributed by atoms with Crippen LogP contribution in [-0.4, -0.2) is 44.9 Å². The molecule has 3 N–H and O–H groups in total. The third-order valence-electron chi connectivity index (χ3n) is 4.46.